The summed E-state index contributed by atoms with van der Waals surface area (Å²) in [5.41, 5.74) is 19.0. The Morgan fingerprint density at radius 3 is 1.55 bits per heavy atom. The second-order valence-corrected chi connectivity index (χ2v) is 16.9. The van der Waals surface area contributed by atoms with Crippen molar-refractivity contribution in [3.05, 3.63) is 261 Å². The monoisotopic (exact) mass is 841 g/mol. The zero-order valence-electron chi connectivity index (χ0n) is 36.2. The number of benzene rings is 11. The Hall–Kier alpha value is -8.72. The highest BCUT2D eigenvalue weighted by molar-refractivity contribution is 6.06. The Morgan fingerprint density at radius 2 is 0.742 bits per heavy atom. The Balaban J connectivity index is 0.984. The van der Waals surface area contributed by atoms with Crippen molar-refractivity contribution in [2.75, 3.05) is 4.90 Å². The average molecular weight is 842 g/mol. The highest BCUT2D eigenvalue weighted by Gasteiger charge is 2.21. The van der Waals surface area contributed by atoms with Crippen molar-refractivity contribution in [1.29, 1.82) is 0 Å². The summed E-state index contributed by atoms with van der Waals surface area (Å²) in [5, 5.41) is 4.72. The van der Waals surface area contributed by atoms with Gasteiger partial charge in [-0.3, -0.25) is 0 Å². The molecule has 0 spiro atoms. The van der Waals surface area contributed by atoms with Crippen LogP contribution in [-0.4, -0.2) is 0 Å². The van der Waals surface area contributed by atoms with Crippen molar-refractivity contribution < 1.29 is 4.42 Å². The highest BCUT2D eigenvalue weighted by Crippen LogP contribution is 2.46. The smallest absolute Gasteiger partial charge is 0.136 e. The molecule has 0 aliphatic rings. The summed E-state index contributed by atoms with van der Waals surface area (Å²) < 4.78 is 6.31. The highest BCUT2D eigenvalue weighted by atomic mass is 16.3. The summed E-state index contributed by atoms with van der Waals surface area (Å²) in [6.07, 6.45) is 0. The third kappa shape index (κ3) is 7.21. The predicted molar refractivity (Wildman–Crippen MR) is 279 cm³/mol. The van der Waals surface area contributed by atoms with E-state index in [1.165, 1.54) is 49.7 Å². The van der Waals surface area contributed by atoms with Crippen molar-refractivity contribution in [2.45, 2.75) is 0 Å². The van der Waals surface area contributed by atoms with E-state index in [1.54, 1.807) is 0 Å². The molecule has 12 aromatic rings. The molecule has 0 aliphatic carbocycles. The van der Waals surface area contributed by atoms with Gasteiger partial charge >= 0.3 is 0 Å². The standard InChI is InChI=1S/C64H43NO/c1-2-15-44(16-3-1)46-29-32-48(33-30-46)55-21-6-7-22-56(55)57-23-8-9-24-58(57)59-25-10-12-27-62(59)65(54-20-14-19-50(42-54)51-34-31-45-17-4-5-18-49(45)41-51)53-38-35-47(36-39-53)52-37-40-61-60-26-11-13-28-63(60)66-64(61)43-52/h1-43H. The maximum Gasteiger partial charge on any atom is 0.136 e. The lowest BCUT2D eigenvalue weighted by Crippen LogP contribution is -2.11. The van der Waals surface area contributed by atoms with E-state index in [2.05, 4.69) is 254 Å². The topological polar surface area (TPSA) is 16.4 Å². The van der Waals surface area contributed by atoms with Crippen LogP contribution < -0.4 is 4.90 Å². The first-order chi connectivity index (χ1) is 32.7. The molecular formula is C64H43NO. The molecule has 1 aromatic heterocycles. The Labute approximate surface area is 384 Å². The summed E-state index contributed by atoms with van der Waals surface area (Å²) >= 11 is 0. The van der Waals surface area contributed by atoms with Crippen LogP contribution in [0.25, 0.3) is 99.5 Å². The first kappa shape index (κ1) is 38.9. The number of anilines is 3. The van der Waals surface area contributed by atoms with Crippen LogP contribution in [-0.2, 0) is 0 Å². The van der Waals surface area contributed by atoms with Crippen LogP contribution >= 0.6 is 0 Å². The van der Waals surface area contributed by atoms with E-state index in [1.807, 2.05) is 12.1 Å². The molecule has 0 saturated heterocycles. The average Bonchev–Trinajstić information content (AvgIpc) is 3.77. The largest absolute Gasteiger partial charge is 0.456 e. The molecule has 0 N–H and O–H groups in total. The van der Waals surface area contributed by atoms with Gasteiger partial charge in [0.1, 0.15) is 11.2 Å². The molecule has 12 rings (SSSR count). The van der Waals surface area contributed by atoms with Crippen LogP contribution in [0.15, 0.2) is 265 Å². The number of hydrogen-bond donors (Lipinski definition) is 0. The number of fused-ring (bicyclic) bond motifs is 4. The molecule has 0 fully saturated rings. The molecule has 1 heterocycles. The zero-order chi connectivity index (χ0) is 43.8. The lowest BCUT2D eigenvalue weighted by Gasteiger charge is -2.29. The minimum atomic E-state index is 0.892. The zero-order valence-corrected chi connectivity index (χ0v) is 36.2. The maximum atomic E-state index is 6.31. The van der Waals surface area contributed by atoms with Crippen LogP contribution in [0, 0.1) is 0 Å². The second kappa shape index (κ2) is 16.8. The second-order valence-electron chi connectivity index (χ2n) is 16.9. The minimum Gasteiger partial charge on any atom is -0.456 e. The van der Waals surface area contributed by atoms with Gasteiger partial charge < -0.3 is 9.32 Å². The van der Waals surface area contributed by atoms with Gasteiger partial charge in [-0.15, -0.1) is 0 Å². The number of para-hydroxylation sites is 2. The third-order valence-corrected chi connectivity index (χ3v) is 12.9. The van der Waals surface area contributed by atoms with Gasteiger partial charge in [-0.05, 0) is 127 Å². The Bertz CT molecular complexity index is 3700. The molecular weight excluding hydrogens is 799 g/mol. The quantitative estimate of drug-likeness (QED) is 0.144. The molecule has 0 amide bonds. The molecule has 2 heteroatoms. The van der Waals surface area contributed by atoms with Gasteiger partial charge in [-0.1, -0.05) is 206 Å². The Morgan fingerprint density at radius 1 is 0.242 bits per heavy atom. The van der Waals surface area contributed by atoms with Gasteiger partial charge in [-0.25, -0.2) is 0 Å². The van der Waals surface area contributed by atoms with Crippen LogP contribution in [0.5, 0.6) is 0 Å². The van der Waals surface area contributed by atoms with Crippen molar-refractivity contribution in [2.24, 2.45) is 0 Å². The van der Waals surface area contributed by atoms with Gasteiger partial charge in [0.05, 0.1) is 5.69 Å². The van der Waals surface area contributed by atoms with Crippen molar-refractivity contribution >= 4 is 49.8 Å². The van der Waals surface area contributed by atoms with Gasteiger partial charge in [0.15, 0.2) is 0 Å². The van der Waals surface area contributed by atoms with Crippen molar-refractivity contribution in [1.82, 2.24) is 0 Å². The molecule has 0 unspecified atom stereocenters. The molecule has 2 nitrogen and oxygen atoms in total. The number of hydrogen-bond acceptors (Lipinski definition) is 2. The first-order valence-electron chi connectivity index (χ1n) is 22.6. The van der Waals surface area contributed by atoms with Gasteiger partial charge in [0, 0.05) is 27.7 Å². The van der Waals surface area contributed by atoms with Crippen LogP contribution in [0.3, 0.4) is 0 Å². The van der Waals surface area contributed by atoms with E-state index in [-0.39, 0.29) is 0 Å². The lowest BCUT2D eigenvalue weighted by atomic mass is 9.88. The lowest BCUT2D eigenvalue weighted by molar-refractivity contribution is 0.669. The molecule has 0 bridgehead atoms. The molecule has 310 valence electrons. The van der Waals surface area contributed by atoms with E-state index in [0.29, 0.717) is 0 Å². The van der Waals surface area contributed by atoms with Crippen LogP contribution in [0.2, 0.25) is 0 Å². The van der Waals surface area contributed by atoms with E-state index in [0.717, 1.165) is 66.8 Å². The third-order valence-electron chi connectivity index (χ3n) is 12.9. The van der Waals surface area contributed by atoms with E-state index >= 15 is 0 Å². The molecule has 0 atom stereocenters. The Kier molecular flexibility index (Phi) is 9.89. The molecule has 0 aliphatic heterocycles. The van der Waals surface area contributed by atoms with E-state index < -0.39 is 0 Å². The SMILES string of the molecule is c1ccc(-c2ccc(-c3ccccc3-c3ccccc3-c3ccccc3N(c3ccc(-c4ccc5c(c4)oc4ccccc45)cc3)c3cccc(-c4ccc5ccccc5c4)c3)cc2)cc1. The van der Waals surface area contributed by atoms with Gasteiger partial charge in [-0.2, -0.15) is 0 Å². The predicted octanol–water partition coefficient (Wildman–Crippen LogP) is 18.2. The van der Waals surface area contributed by atoms with Crippen molar-refractivity contribution in [3.8, 4) is 66.8 Å². The van der Waals surface area contributed by atoms with Crippen LogP contribution in [0.1, 0.15) is 0 Å². The first-order valence-corrected chi connectivity index (χ1v) is 22.6. The number of rotatable bonds is 9. The number of nitrogens with zero attached hydrogens (tertiary/aromatic N) is 1. The normalized spacial score (nSPS) is 11.3. The summed E-state index contributed by atoms with van der Waals surface area (Å²) in [6.45, 7) is 0. The van der Waals surface area contributed by atoms with Gasteiger partial charge in [0.2, 0.25) is 0 Å². The fourth-order valence-electron chi connectivity index (χ4n) is 9.62. The summed E-state index contributed by atoms with van der Waals surface area (Å²) in [6, 6.07) is 94.0. The fraction of sp³-hybridized carbons (Fsp3) is 0. The fourth-order valence-corrected chi connectivity index (χ4v) is 9.62. The molecule has 0 radical (unpaired) electrons. The molecule has 0 saturated carbocycles. The van der Waals surface area contributed by atoms with Crippen LogP contribution in [0.4, 0.5) is 17.1 Å². The van der Waals surface area contributed by atoms with Crippen molar-refractivity contribution in [3.63, 3.8) is 0 Å². The summed E-state index contributed by atoms with van der Waals surface area (Å²) in [7, 11) is 0. The van der Waals surface area contributed by atoms with E-state index in [9.17, 15) is 0 Å². The summed E-state index contributed by atoms with van der Waals surface area (Å²) in [5.74, 6) is 0. The molecule has 11 aromatic carbocycles. The maximum absolute atomic E-state index is 6.31. The molecule has 66 heavy (non-hydrogen) atoms. The summed E-state index contributed by atoms with van der Waals surface area (Å²) in [4.78, 5) is 2.41. The van der Waals surface area contributed by atoms with E-state index in [4.69, 9.17) is 4.42 Å². The number of furan rings is 1. The van der Waals surface area contributed by atoms with Gasteiger partial charge in [0.25, 0.3) is 0 Å². The minimum absolute atomic E-state index is 0.892.